The molecule has 0 fully saturated rings. The molecule has 0 aliphatic rings. The zero-order valence-corrected chi connectivity index (χ0v) is 10.5. The molecule has 0 heterocycles. The van der Waals surface area contributed by atoms with E-state index in [-0.39, 0.29) is 5.69 Å². The van der Waals surface area contributed by atoms with E-state index in [0.29, 0.717) is 18.3 Å². The van der Waals surface area contributed by atoms with Crippen molar-refractivity contribution in [3.63, 3.8) is 0 Å². The van der Waals surface area contributed by atoms with E-state index in [9.17, 15) is 14.9 Å². The van der Waals surface area contributed by atoms with Crippen molar-refractivity contribution in [2.75, 3.05) is 0 Å². The number of nitrogens with zero attached hydrogens (tertiary/aromatic N) is 1. The Bertz CT molecular complexity index is 635. The van der Waals surface area contributed by atoms with Gasteiger partial charge in [-0.05, 0) is 24.5 Å². The van der Waals surface area contributed by atoms with Crippen LogP contribution in [-0.4, -0.2) is 11.2 Å². The maximum Gasteiger partial charge on any atom is 0.270 e. The Morgan fingerprint density at radius 1 is 1.21 bits per heavy atom. The van der Waals surface area contributed by atoms with Crippen molar-refractivity contribution in [1.82, 2.24) is 0 Å². The average molecular weight is 255 g/mol. The maximum absolute atomic E-state index is 11.0. The van der Waals surface area contributed by atoms with Gasteiger partial charge in [0.05, 0.1) is 4.92 Å². The zero-order valence-electron chi connectivity index (χ0n) is 10.5. The van der Waals surface area contributed by atoms with Crippen molar-refractivity contribution in [3.8, 4) is 0 Å². The van der Waals surface area contributed by atoms with Crippen LogP contribution >= 0.6 is 0 Å². The smallest absolute Gasteiger partial charge is 0.270 e. The third-order valence-electron chi connectivity index (χ3n) is 2.94. The Kier molecular flexibility index (Phi) is 3.71. The molecule has 2 aromatic carbocycles. The van der Waals surface area contributed by atoms with Gasteiger partial charge < -0.3 is 0 Å². The molecule has 0 N–H and O–H groups in total. The molecule has 0 spiro atoms. The number of benzene rings is 2. The molecule has 0 aromatic heterocycles. The highest BCUT2D eigenvalue weighted by molar-refractivity contribution is 5.79. The Balaban J connectivity index is 2.35. The summed E-state index contributed by atoms with van der Waals surface area (Å²) in [6.07, 6.45) is 1.26. The monoisotopic (exact) mass is 255 g/mol. The van der Waals surface area contributed by atoms with Gasteiger partial charge in [-0.1, -0.05) is 35.9 Å². The first-order chi connectivity index (χ1) is 9.10. The standard InChI is InChI=1S/C15H13NO3/c1-11-3-2-4-12(7-11)8-13-5-6-15(16(18)19)9-14(13)10-17/h2-7,9-10H,8H2,1H3. The fourth-order valence-electron chi connectivity index (χ4n) is 2.01. The van der Waals surface area contributed by atoms with Crippen LogP contribution in [0.3, 0.4) is 0 Å². The molecule has 0 radical (unpaired) electrons. The van der Waals surface area contributed by atoms with Crippen molar-refractivity contribution in [2.24, 2.45) is 0 Å². The number of nitro benzene ring substituents is 1. The number of nitro groups is 1. The van der Waals surface area contributed by atoms with Gasteiger partial charge >= 0.3 is 0 Å². The lowest BCUT2D eigenvalue weighted by atomic mass is 9.99. The van der Waals surface area contributed by atoms with Crippen LogP contribution in [-0.2, 0) is 6.42 Å². The van der Waals surface area contributed by atoms with Crippen molar-refractivity contribution in [2.45, 2.75) is 13.3 Å². The molecule has 4 heteroatoms. The predicted octanol–water partition coefficient (Wildman–Crippen LogP) is 3.31. The van der Waals surface area contributed by atoms with E-state index in [2.05, 4.69) is 0 Å². The lowest BCUT2D eigenvalue weighted by molar-refractivity contribution is -0.384. The highest BCUT2D eigenvalue weighted by atomic mass is 16.6. The van der Waals surface area contributed by atoms with Gasteiger partial charge in [0.2, 0.25) is 0 Å². The fourth-order valence-corrected chi connectivity index (χ4v) is 2.01. The molecule has 0 aliphatic carbocycles. The molecular formula is C15H13NO3. The fraction of sp³-hybridized carbons (Fsp3) is 0.133. The summed E-state index contributed by atoms with van der Waals surface area (Å²) in [6.45, 7) is 2.00. The lowest BCUT2D eigenvalue weighted by Gasteiger charge is -2.06. The van der Waals surface area contributed by atoms with Gasteiger partial charge in [-0.3, -0.25) is 14.9 Å². The molecule has 2 aromatic rings. The summed E-state index contributed by atoms with van der Waals surface area (Å²) in [4.78, 5) is 21.2. The van der Waals surface area contributed by atoms with Crippen LogP contribution in [0.5, 0.6) is 0 Å². The third kappa shape index (κ3) is 3.04. The van der Waals surface area contributed by atoms with Crippen molar-refractivity contribution in [3.05, 3.63) is 74.8 Å². The SMILES string of the molecule is Cc1cccc(Cc2ccc([N+](=O)[O-])cc2C=O)c1. The third-order valence-corrected chi connectivity index (χ3v) is 2.94. The van der Waals surface area contributed by atoms with E-state index in [1.54, 1.807) is 6.07 Å². The summed E-state index contributed by atoms with van der Waals surface area (Å²) >= 11 is 0. The van der Waals surface area contributed by atoms with E-state index in [1.807, 2.05) is 31.2 Å². The van der Waals surface area contributed by atoms with Gasteiger partial charge in [0.1, 0.15) is 0 Å². The van der Waals surface area contributed by atoms with Gasteiger partial charge in [0, 0.05) is 17.7 Å². The van der Waals surface area contributed by atoms with E-state index in [4.69, 9.17) is 0 Å². The second-order valence-electron chi connectivity index (χ2n) is 4.42. The van der Waals surface area contributed by atoms with Crippen molar-refractivity contribution in [1.29, 1.82) is 0 Å². The molecule has 19 heavy (non-hydrogen) atoms. The van der Waals surface area contributed by atoms with Crippen LogP contribution in [0.4, 0.5) is 5.69 Å². The summed E-state index contributed by atoms with van der Waals surface area (Å²) < 4.78 is 0. The van der Waals surface area contributed by atoms with E-state index < -0.39 is 4.92 Å². The quantitative estimate of drug-likeness (QED) is 0.478. The highest BCUT2D eigenvalue weighted by Gasteiger charge is 2.10. The van der Waals surface area contributed by atoms with Crippen LogP contribution in [0.1, 0.15) is 27.0 Å². The predicted molar refractivity (Wildman–Crippen MR) is 72.5 cm³/mol. The molecule has 2 rings (SSSR count). The Hall–Kier alpha value is -2.49. The van der Waals surface area contributed by atoms with E-state index >= 15 is 0 Å². The molecule has 0 atom stereocenters. The van der Waals surface area contributed by atoms with Gasteiger partial charge in [-0.2, -0.15) is 0 Å². The number of carbonyl (C=O) groups excluding carboxylic acids is 1. The van der Waals surface area contributed by atoms with Crippen LogP contribution in [0.2, 0.25) is 0 Å². The van der Waals surface area contributed by atoms with Gasteiger partial charge in [0.25, 0.3) is 5.69 Å². The summed E-state index contributed by atoms with van der Waals surface area (Å²) in [5.74, 6) is 0. The molecule has 0 amide bonds. The summed E-state index contributed by atoms with van der Waals surface area (Å²) in [6, 6.07) is 12.4. The molecule has 0 bridgehead atoms. The van der Waals surface area contributed by atoms with E-state index in [0.717, 1.165) is 16.7 Å². The highest BCUT2D eigenvalue weighted by Crippen LogP contribution is 2.19. The topological polar surface area (TPSA) is 60.2 Å². The van der Waals surface area contributed by atoms with Crippen molar-refractivity contribution >= 4 is 12.0 Å². The van der Waals surface area contributed by atoms with Crippen LogP contribution in [0, 0.1) is 17.0 Å². The number of hydrogen-bond acceptors (Lipinski definition) is 3. The Labute approximate surface area is 110 Å². The summed E-state index contributed by atoms with van der Waals surface area (Å²) in [5.41, 5.74) is 3.33. The number of aryl methyl sites for hydroxylation is 1. The second-order valence-corrected chi connectivity index (χ2v) is 4.42. The Morgan fingerprint density at radius 3 is 2.63 bits per heavy atom. The summed E-state index contributed by atoms with van der Waals surface area (Å²) in [7, 11) is 0. The molecule has 4 nitrogen and oxygen atoms in total. The largest absolute Gasteiger partial charge is 0.298 e. The Morgan fingerprint density at radius 2 is 2.00 bits per heavy atom. The lowest BCUT2D eigenvalue weighted by Crippen LogP contribution is -1.97. The molecular weight excluding hydrogens is 242 g/mol. The zero-order chi connectivity index (χ0) is 13.8. The molecule has 0 saturated heterocycles. The molecule has 96 valence electrons. The van der Waals surface area contributed by atoms with Gasteiger partial charge in [0.15, 0.2) is 6.29 Å². The van der Waals surface area contributed by atoms with Crippen molar-refractivity contribution < 1.29 is 9.72 Å². The molecule has 0 unspecified atom stereocenters. The number of carbonyl (C=O) groups is 1. The average Bonchev–Trinajstić information content (AvgIpc) is 2.39. The summed E-state index contributed by atoms with van der Waals surface area (Å²) in [5, 5.41) is 10.7. The number of aldehydes is 1. The minimum absolute atomic E-state index is 0.0601. The second kappa shape index (κ2) is 5.44. The van der Waals surface area contributed by atoms with Gasteiger partial charge in [-0.25, -0.2) is 0 Å². The number of hydrogen-bond donors (Lipinski definition) is 0. The van der Waals surface area contributed by atoms with E-state index in [1.165, 1.54) is 12.1 Å². The van der Waals surface area contributed by atoms with Crippen LogP contribution < -0.4 is 0 Å². The number of rotatable bonds is 4. The number of non-ortho nitro benzene ring substituents is 1. The normalized spacial score (nSPS) is 10.2. The maximum atomic E-state index is 11.0. The first-order valence-corrected chi connectivity index (χ1v) is 5.88. The minimum atomic E-state index is -0.497. The molecule has 0 saturated carbocycles. The first-order valence-electron chi connectivity index (χ1n) is 5.88. The molecule has 0 aliphatic heterocycles. The first kappa shape index (κ1) is 13.0. The van der Waals surface area contributed by atoms with Gasteiger partial charge in [-0.15, -0.1) is 0 Å². The van der Waals surface area contributed by atoms with Crippen LogP contribution in [0.15, 0.2) is 42.5 Å². The minimum Gasteiger partial charge on any atom is -0.298 e. The van der Waals surface area contributed by atoms with Crippen LogP contribution in [0.25, 0.3) is 0 Å².